The molecule has 1 atom stereocenters. The quantitative estimate of drug-likeness (QED) is 0.795. The first-order valence-electron chi connectivity index (χ1n) is 8.27. The van der Waals surface area contributed by atoms with Crippen LogP contribution in [0.2, 0.25) is 5.02 Å². The third-order valence-corrected chi connectivity index (χ3v) is 4.35. The van der Waals surface area contributed by atoms with E-state index >= 15 is 0 Å². The molecule has 2 aromatic rings. The molecule has 1 fully saturated rings. The zero-order valence-corrected chi connectivity index (χ0v) is 16.2. The second-order valence-corrected chi connectivity index (χ2v) is 8.00. The molecule has 1 amide bonds. The molecule has 26 heavy (non-hydrogen) atoms. The summed E-state index contributed by atoms with van der Waals surface area (Å²) in [5.41, 5.74) is 0.0961. The van der Waals surface area contributed by atoms with E-state index in [4.69, 9.17) is 21.1 Å². The summed E-state index contributed by atoms with van der Waals surface area (Å²) in [5, 5.41) is 11.7. The molecule has 3 rings (SSSR count). The van der Waals surface area contributed by atoms with Gasteiger partial charge in [0.15, 0.2) is 0 Å². The lowest BCUT2D eigenvalue weighted by Crippen LogP contribution is -2.47. The van der Waals surface area contributed by atoms with Crippen molar-refractivity contribution in [2.75, 3.05) is 6.61 Å². The monoisotopic (exact) mass is 379 g/mol. The van der Waals surface area contributed by atoms with Crippen molar-refractivity contribution in [1.29, 1.82) is 0 Å². The highest BCUT2D eigenvalue weighted by molar-refractivity contribution is 6.32. The number of carbonyl (C=O) groups is 1. The molecule has 0 aliphatic carbocycles. The van der Waals surface area contributed by atoms with E-state index in [1.54, 1.807) is 11.0 Å². The van der Waals surface area contributed by atoms with Gasteiger partial charge in [-0.1, -0.05) is 17.7 Å². The molecule has 2 heterocycles. The highest BCUT2D eigenvalue weighted by Gasteiger charge is 2.46. The van der Waals surface area contributed by atoms with Crippen molar-refractivity contribution < 1.29 is 14.3 Å². The number of hydrogen-bond donors (Lipinski definition) is 0. The van der Waals surface area contributed by atoms with E-state index in [0.29, 0.717) is 17.3 Å². The molecule has 9 heteroatoms. The number of halogens is 1. The summed E-state index contributed by atoms with van der Waals surface area (Å²) in [7, 11) is 0. The van der Waals surface area contributed by atoms with Crippen LogP contribution in [0.25, 0.3) is 5.69 Å². The average molecular weight is 380 g/mol. The Bertz CT molecular complexity index is 801. The zero-order valence-electron chi connectivity index (χ0n) is 15.4. The third-order valence-electron chi connectivity index (χ3n) is 4.03. The average Bonchev–Trinajstić information content (AvgIpc) is 3.13. The highest BCUT2D eigenvalue weighted by Crippen LogP contribution is 2.39. The summed E-state index contributed by atoms with van der Waals surface area (Å²) < 4.78 is 12.9. The van der Waals surface area contributed by atoms with Crippen LogP contribution in [0.3, 0.4) is 0 Å². The lowest BCUT2D eigenvalue weighted by molar-refractivity contribution is -0.0626. The number of hydrogen-bond acceptors (Lipinski definition) is 6. The van der Waals surface area contributed by atoms with Crippen LogP contribution in [0.1, 0.15) is 46.2 Å². The standard InChI is InChI=1S/C17H22ClN5O3/c1-16(2,3)26-15(24)23-14(9-25-17(23,4)5)11-6-7-12(18)13(8-11)22-10-19-20-21-22/h6-8,10,14H,9H2,1-5H3. The molecular formula is C17H22ClN5O3. The molecule has 1 aliphatic heterocycles. The maximum absolute atomic E-state index is 12.8. The Kier molecular flexibility index (Phi) is 4.66. The van der Waals surface area contributed by atoms with E-state index < -0.39 is 17.4 Å². The van der Waals surface area contributed by atoms with E-state index in [1.165, 1.54) is 11.0 Å². The number of benzene rings is 1. The maximum Gasteiger partial charge on any atom is 0.413 e. The van der Waals surface area contributed by atoms with Crippen molar-refractivity contribution in [1.82, 2.24) is 25.1 Å². The summed E-state index contributed by atoms with van der Waals surface area (Å²) in [4.78, 5) is 14.4. The minimum Gasteiger partial charge on any atom is -0.444 e. The number of aromatic nitrogens is 4. The summed E-state index contributed by atoms with van der Waals surface area (Å²) in [5.74, 6) is 0. The van der Waals surface area contributed by atoms with Gasteiger partial charge in [0.1, 0.15) is 17.7 Å². The molecule has 140 valence electrons. The second-order valence-electron chi connectivity index (χ2n) is 7.59. The Balaban J connectivity index is 1.97. The minimum atomic E-state index is -0.790. The van der Waals surface area contributed by atoms with Crippen molar-refractivity contribution in [2.45, 2.75) is 52.0 Å². The first kappa shape index (κ1) is 18.6. The highest BCUT2D eigenvalue weighted by atomic mass is 35.5. The van der Waals surface area contributed by atoms with Gasteiger partial charge < -0.3 is 9.47 Å². The van der Waals surface area contributed by atoms with Crippen LogP contribution in [0, 0.1) is 0 Å². The van der Waals surface area contributed by atoms with Crippen molar-refractivity contribution in [2.24, 2.45) is 0 Å². The van der Waals surface area contributed by atoms with Gasteiger partial charge in [-0.05, 0) is 62.7 Å². The molecule has 0 spiro atoms. The minimum absolute atomic E-state index is 0.313. The summed E-state index contributed by atoms with van der Waals surface area (Å²) in [6.45, 7) is 9.54. The lowest BCUT2D eigenvalue weighted by atomic mass is 10.0. The normalized spacial score (nSPS) is 19.6. The number of ether oxygens (including phenoxy) is 2. The van der Waals surface area contributed by atoms with Crippen LogP contribution in [0.15, 0.2) is 24.5 Å². The van der Waals surface area contributed by atoms with E-state index in [2.05, 4.69) is 15.5 Å². The Labute approximate surface area is 157 Å². The fourth-order valence-corrected chi connectivity index (χ4v) is 3.09. The number of tetrazole rings is 1. The molecule has 1 aromatic carbocycles. The van der Waals surface area contributed by atoms with Gasteiger partial charge >= 0.3 is 6.09 Å². The third kappa shape index (κ3) is 3.66. The van der Waals surface area contributed by atoms with Gasteiger partial charge in [-0.2, -0.15) is 4.68 Å². The van der Waals surface area contributed by atoms with Gasteiger partial charge in [-0.15, -0.1) is 5.10 Å². The second kappa shape index (κ2) is 6.51. The number of carbonyl (C=O) groups excluding carboxylic acids is 1. The van der Waals surface area contributed by atoms with Crippen LogP contribution >= 0.6 is 11.6 Å². The van der Waals surface area contributed by atoms with Gasteiger partial charge in [-0.3, -0.25) is 4.90 Å². The molecule has 8 nitrogen and oxygen atoms in total. The van der Waals surface area contributed by atoms with E-state index in [9.17, 15) is 4.79 Å². The molecule has 0 bridgehead atoms. The SMILES string of the molecule is CC(C)(C)OC(=O)N1C(c2ccc(Cl)c(-n3cnnn3)c2)COC1(C)C. The van der Waals surface area contributed by atoms with E-state index in [0.717, 1.165) is 5.56 Å². The van der Waals surface area contributed by atoms with Crippen LogP contribution in [0.5, 0.6) is 0 Å². The molecule has 0 radical (unpaired) electrons. The van der Waals surface area contributed by atoms with E-state index in [1.807, 2.05) is 46.8 Å². The van der Waals surface area contributed by atoms with Crippen molar-refractivity contribution in [3.8, 4) is 5.69 Å². The topological polar surface area (TPSA) is 82.4 Å². The summed E-state index contributed by atoms with van der Waals surface area (Å²) >= 11 is 6.28. The van der Waals surface area contributed by atoms with Crippen molar-refractivity contribution in [3.05, 3.63) is 35.1 Å². The maximum atomic E-state index is 12.8. The zero-order chi connectivity index (χ0) is 19.1. The fraction of sp³-hybridized carbons (Fsp3) is 0.529. The fourth-order valence-electron chi connectivity index (χ4n) is 2.89. The Hall–Kier alpha value is -2.19. The first-order valence-corrected chi connectivity index (χ1v) is 8.65. The molecule has 1 saturated heterocycles. The van der Waals surface area contributed by atoms with Crippen LogP contribution < -0.4 is 0 Å². The largest absolute Gasteiger partial charge is 0.444 e. The Morgan fingerprint density at radius 1 is 1.38 bits per heavy atom. The summed E-state index contributed by atoms with van der Waals surface area (Å²) in [6.07, 6.45) is 1.04. The van der Waals surface area contributed by atoms with Crippen molar-refractivity contribution in [3.63, 3.8) is 0 Å². The van der Waals surface area contributed by atoms with Gasteiger partial charge in [0.2, 0.25) is 0 Å². The van der Waals surface area contributed by atoms with Crippen LogP contribution in [-0.4, -0.2) is 49.1 Å². The Morgan fingerprint density at radius 3 is 2.73 bits per heavy atom. The Morgan fingerprint density at radius 2 is 2.12 bits per heavy atom. The first-order chi connectivity index (χ1) is 12.1. The number of rotatable bonds is 2. The van der Waals surface area contributed by atoms with Crippen molar-refractivity contribution >= 4 is 17.7 Å². The van der Waals surface area contributed by atoms with Gasteiger partial charge in [-0.25, -0.2) is 4.79 Å². The van der Waals surface area contributed by atoms with Crippen LogP contribution in [0.4, 0.5) is 4.79 Å². The van der Waals surface area contributed by atoms with Gasteiger partial charge in [0, 0.05) is 0 Å². The molecule has 0 saturated carbocycles. The number of nitrogens with zero attached hydrogens (tertiary/aromatic N) is 5. The predicted octanol–water partition coefficient (Wildman–Crippen LogP) is 3.36. The molecule has 1 aromatic heterocycles. The number of amides is 1. The molecule has 1 unspecified atom stereocenters. The molecule has 0 N–H and O–H groups in total. The summed E-state index contributed by atoms with van der Waals surface area (Å²) in [6, 6.07) is 5.16. The molecular weight excluding hydrogens is 358 g/mol. The van der Waals surface area contributed by atoms with Crippen LogP contribution in [-0.2, 0) is 9.47 Å². The van der Waals surface area contributed by atoms with Gasteiger partial charge in [0.05, 0.1) is 23.4 Å². The van der Waals surface area contributed by atoms with Gasteiger partial charge in [0.25, 0.3) is 0 Å². The molecule has 1 aliphatic rings. The lowest BCUT2D eigenvalue weighted by Gasteiger charge is -2.35. The smallest absolute Gasteiger partial charge is 0.413 e. The predicted molar refractivity (Wildman–Crippen MR) is 95.0 cm³/mol. The van der Waals surface area contributed by atoms with E-state index in [-0.39, 0.29) is 6.04 Å².